The highest BCUT2D eigenvalue weighted by Gasteiger charge is 2.43. The molecule has 0 atom stereocenters. The van der Waals surface area contributed by atoms with E-state index in [0.29, 0.717) is 18.4 Å². The summed E-state index contributed by atoms with van der Waals surface area (Å²) in [5.74, 6) is -0.667. The summed E-state index contributed by atoms with van der Waals surface area (Å²) < 4.78 is 7.01. The van der Waals surface area contributed by atoms with Crippen LogP contribution >= 0.6 is 0 Å². The maximum Gasteiger partial charge on any atom is 0.343 e. The number of rotatable bonds is 3. The Kier molecular flexibility index (Phi) is 3.72. The van der Waals surface area contributed by atoms with E-state index in [4.69, 9.17) is 4.74 Å². The smallest absolute Gasteiger partial charge is 0.343 e. The molecule has 6 nitrogen and oxygen atoms in total. The first-order chi connectivity index (χ1) is 12.5. The summed E-state index contributed by atoms with van der Waals surface area (Å²) in [7, 11) is 0. The molecular weight excluding hydrogens is 334 g/mol. The third-order valence-electron chi connectivity index (χ3n) is 5.52. The zero-order valence-electron chi connectivity index (χ0n) is 14.4. The summed E-state index contributed by atoms with van der Waals surface area (Å²) in [5.41, 5.74) is 1.93. The Morgan fingerprint density at radius 3 is 2.73 bits per heavy atom. The number of pyridine rings is 1. The first kappa shape index (κ1) is 16.6. The number of benzene rings is 1. The van der Waals surface area contributed by atoms with E-state index in [1.807, 2.05) is 4.57 Å². The summed E-state index contributed by atoms with van der Waals surface area (Å²) in [5, 5.41) is 10.0. The summed E-state index contributed by atoms with van der Waals surface area (Å²) in [4.78, 5) is 35.9. The van der Waals surface area contributed by atoms with E-state index in [1.165, 1.54) is 6.07 Å². The van der Waals surface area contributed by atoms with Gasteiger partial charge in [0.25, 0.3) is 0 Å². The van der Waals surface area contributed by atoms with Gasteiger partial charge in [-0.25, -0.2) is 4.79 Å². The van der Waals surface area contributed by atoms with E-state index < -0.39 is 11.4 Å². The highest BCUT2D eigenvalue weighted by molar-refractivity contribution is 5.90. The van der Waals surface area contributed by atoms with E-state index >= 15 is 0 Å². The molecule has 2 aromatic rings. The molecule has 1 spiro atoms. The molecule has 6 heteroatoms. The lowest BCUT2D eigenvalue weighted by molar-refractivity contribution is 0.0521. The van der Waals surface area contributed by atoms with E-state index in [-0.39, 0.29) is 29.0 Å². The van der Waals surface area contributed by atoms with Gasteiger partial charge in [0.1, 0.15) is 11.3 Å². The van der Waals surface area contributed by atoms with Crippen LogP contribution < -0.4 is 5.43 Å². The van der Waals surface area contributed by atoms with Gasteiger partial charge in [-0.3, -0.25) is 9.59 Å². The first-order valence-corrected chi connectivity index (χ1v) is 8.75. The Morgan fingerprint density at radius 1 is 1.35 bits per heavy atom. The molecular formula is C20H19NO5. The van der Waals surface area contributed by atoms with E-state index in [2.05, 4.69) is 0 Å². The van der Waals surface area contributed by atoms with Crippen molar-refractivity contribution >= 4 is 12.3 Å². The zero-order chi connectivity index (χ0) is 18.5. The van der Waals surface area contributed by atoms with Gasteiger partial charge in [0.2, 0.25) is 0 Å². The van der Waals surface area contributed by atoms with Crippen molar-refractivity contribution < 1.29 is 19.4 Å². The van der Waals surface area contributed by atoms with E-state index in [1.54, 1.807) is 25.3 Å². The van der Waals surface area contributed by atoms with Gasteiger partial charge in [0.15, 0.2) is 11.7 Å². The van der Waals surface area contributed by atoms with Crippen LogP contribution in [0.5, 0.6) is 5.75 Å². The highest BCUT2D eigenvalue weighted by atomic mass is 16.5. The van der Waals surface area contributed by atoms with Crippen LogP contribution in [0.1, 0.15) is 52.5 Å². The normalized spacial score (nSPS) is 16.3. The second-order valence-electron chi connectivity index (χ2n) is 6.97. The minimum absolute atomic E-state index is 0.0275. The Morgan fingerprint density at radius 2 is 2.12 bits per heavy atom. The molecule has 1 saturated carbocycles. The van der Waals surface area contributed by atoms with Crippen LogP contribution in [0.3, 0.4) is 0 Å². The molecule has 1 aromatic heterocycles. The number of esters is 1. The molecule has 2 aliphatic rings. The SMILES string of the molecule is CCOC(=O)c1cn2c(cc1=O)-c1cc(C=O)c(O)cc1CC21CCC1. The Bertz CT molecular complexity index is 984. The van der Waals surface area contributed by atoms with Crippen molar-refractivity contribution in [3.05, 3.63) is 51.3 Å². The lowest BCUT2D eigenvalue weighted by atomic mass is 9.69. The van der Waals surface area contributed by atoms with Crippen molar-refractivity contribution in [3.8, 4) is 17.0 Å². The number of hydrogen-bond acceptors (Lipinski definition) is 5. The van der Waals surface area contributed by atoms with E-state index in [9.17, 15) is 19.5 Å². The van der Waals surface area contributed by atoms with Gasteiger partial charge in [-0.15, -0.1) is 0 Å². The van der Waals surface area contributed by atoms with Gasteiger partial charge < -0.3 is 14.4 Å². The van der Waals surface area contributed by atoms with Crippen molar-refractivity contribution in [2.45, 2.75) is 38.1 Å². The number of aromatic nitrogens is 1. The Hall–Kier alpha value is -2.89. The lowest BCUT2D eigenvalue weighted by Gasteiger charge is -2.48. The fraction of sp³-hybridized carbons (Fsp3) is 0.350. The fourth-order valence-electron chi connectivity index (χ4n) is 4.07. The number of hydrogen-bond donors (Lipinski definition) is 1. The molecule has 1 N–H and O–H groups in total. The summed E-state index contributed by atoms with van der Waals surface area (Å²) in [6.07, 6.45) is 5.81. The maximum absolute atomic E-state index is 12.5. The number of carbonyl (C=O) groups excluding carboxylic acids is 2. The zero-order valence-corrected chi connectivity index (χ0v) is 14.4. The molecule has 0 radical (unpaired) electrons. The number of fused-ring (bicyclic) bond motifs is 4. The van der Waals surface area contributed by atoms with Crippen LogP contribution in [0, 0.1) is 0 Å². The molecule has 0 saturated heterocycles. The van der Waals surface area contributed by atoms with Crippen LogP contribution in [0.15, 0.2) is 29.2 Å². The number of carbonyl (C=O) groups is 2. The van der Waals surface area contributed by atoms with Gasteiger partial charge in [-0.2, -0.15) is 0 Å². The first-order valence-electron chi connectivity index (χ1n) is 8.75. The third-order valence-corrected chi connectivity index (χ3v) is 5.52. The minimum atomic E-state index is -0.618. The molecule has 0 amide bonds. The quantitative estimate of drug-likeness (QED) is 0.677. The molecule has 2 heterocycles. The van der Waals surface area contributed by atoms with Gasteiger partial charge in [0.05, 0.1) is 17.9 Å². The van der Waals surface area contributed by atoms with Crippen LogP contribution in [-0.2, 0) is 16.7 Å². The van der Waals surface area contributed by atoms with Crippen LogP contribution in [0.25, 0.3) is 11.3 Å². The maximum atomic E-state index is 12.5. The van der Waals surface area contributed by atoms with Crippen molar-refractivity contribution in [1.82, 2.24) is 4.57 Å². The average Bonchev–Trinajstić information content (AvgIpc) is 2.58. The van der Waals surface area contributed by atoms with E-state index in [0.717, 1.165) is 30.4 Å². The molecule has 0 bridgehead atoms. The predicted molar refractivity (Wildman–Crippen MR) is 94.7 cm³/mol. The number of aldehydes is 1. The van der Waals surface area contributed by atoms with Gasteiger partial charge in [-0.1, -0.05) is 0 Å². The van der Waals surface area contributed by atoms with Crippen LogP contribution in [0.4, 0.5) is 0 Å². The summed E-state index contributed by atoms with van der Waals surface area (Å²) in [6, 6.07) is 4.67. The number of ether oxygens (including phenoxy) is 1. The highest BCUT2D eigenvalue weighted by Crippen LogP contribution is 2.49. The van der Waals surface area contributed by atoms with Crippen LogP contribution in [0.2, 0.25) is 0 Å². The Balaban J connectivity index is 1.96. The summed E-state index contributed by atoms with van der Waals surface area (Å²) >= 11 is 0. The third kappa shape index (κ3) is 2.29. The number of aromatic hydroxyl groups is 1. The van der Waals surface area contributed by atoms with Gasteiger partial charge >= 0.3 is 5.97 Å². The molecule has 1 aliphatic heterocycles. The number of phenolic OH excluding ortho intramolecular Hbond substituents is 1. The van der Waals surface area contributed by atoms with Crippen molar-refractivity contribution in [2.75, 3.05) is 6.61 Å². The molecule has 26 heavy (non-hydrogen) atoms. The predicted octanol–water partition coefficient (Wildman–Crippen LogP) is 2.65. The number of phenols is 1. The van der Waals surface area contributed by atoms with Crippen molar-refractivity contribution in [3.63, 3.8) is 0 Å². The second kappa shape index (κ2) is 5.83. The van der Waals surface area contributed by atoms with Crippen molar-refractivity contribution in [2.24, 2.45) is 0 Å². The molecule has 134 valence electrons. The fourth-order valence-corrected chi connectivity index (χ4v) is 4.07. The Labute approximate surface area is 150 Å². The number of nitrogens with zero attached hydrogens (tertiary/aromatic N) is 1. The van der Waals surface area contributed by atoms with Gasteiger partial charge in [-0.05, 0) is 50.3 Å². The average molecular weight is 353 g/mol. The molecule has 1 aromatic carbocycles. The molecule has 1 aliphatic carbocycles. The molecule has 1 fully saturated rings. The topological polar surface area (TPSA) is 85.6 Å². The standard InChI is InChI=1S/C20H19NO5/c1-2-26-19(25)15-10-21-16(8-18(15)24)14-6-13(11-22)17(23)7-12(14)9-20(21)4-3-5-20/h6-8,10-11,23H,2-5,9H2,1H3. The summed E-state index contributed by atoms with van der Waals surface area (Å²) in [6.45, 7) is 1.90. The monoisotopic (exact) mass is 353 g/mol. The van der Waals surface area contributed by atoms with Crippen molar-refractivity contribution in [1.29, 1.82) is 0 Å². The molecule has 0 unspecified atom stereocenters. The lowest BCUT2D eigenvalue weighted by Crippen LogP contribution is -2.46. The molecule has 4 rings (SSSR count). The largest absolute Gasteiger partial charge is 0.507 e. The minimum Gasteiger partial charge on any atom is -0.507 e. The second-order valence-corrected chi connectivity index (χ2v) is 6.97. The van der Waals surface area contributed by atoms with Crippen LogP contribution in [-0.4, -0.2) is 28.5 Å². The van der Waals surface area contributed by atoms with Gasteiger partial charge in [0, 0.05) is 23.4 Å².